The molecule has 0 aromatic carbocycles. The molecule has 0 aliphatic rings. The second-order valence-electron chi connectivity index (χ2n) is 2.80. The van der Waals surface area contributed by atoms with Crippen molar-refractivity contribution in [1.82, 2.24) is 10.6 Å². The molecule has 76 valence electrons. The standard InChI is InChI=1S/C5H13N5O3/c1-4(2)3-9(8-11)5(6)7-10(12)13/h4,8,11H,3H2,1-2H3,(H2,6,7). The Balaban J connectivity index is 4.30. The number of nitrogens with zero attached hydrogens (tertiary/aromatic N) is 3. The van der Waals surface area contributed by atoms with Crippen molar-refractivity contribution in [1.29, 1.82) is 0 Å². The summed E-state index contributed by atoms with van der Waals surface area (Å²) in [5.41, 5.74) is 6.90. The van der Waals surface area contributed by atoms with Crippen molar-refractivity contribution in [3.63, 3.8) is 0 Å². The summed E-state index contributed by atoms with van der Waals surface area (Å²) in [7, 11) is 0. The van der Waals surface area contributed by atoms with E-state index in [0.717, 1.165) is 5.01 Å². The largest absolute Gasteiger partial charge is 0.363 e. The zero-order valence-electron chi connectivity index (χ0n) is 7.47. The molecule has 0 unspecified atom stereocenters. The first-order valence-electron chi connectivity index (χ1n) is 3.63. The highest BCUT2D eigenvalue weighted by Gasteiger charge is 2.11. The number of nitrogens with two attached hydrogens (primary N) is 1. The third-order valence-electron chi connectivity index (χ3n) is 1.13. The molecule has 0 heterocycles. The molecular weight excluding hydrogens is 178 g/mol. The van der Waals surface area contributed by atoms with Gasteiger partial charge in [-0.3, -0.25) is 5.21 Å². The first-order valence-corrected chi connectivity index (χ1v) is 3.63. The van der Waals surface area contributed by atoms with Crippen molar-refractivity contribution >= 4 is 5.96 Å². The summed E-state index contributed by atoms with van der Waals surface area (Å²) in [5.74, 6) is -0.207. The van der Waals surface area contributed by atoms with Crippen LogP contribution >= 0.6 is 0 Å². The molecule has 0 aliphatic carbocycles. The molecule has 0 rings (SSSR count). The van der Waals surface area contributed by atoms with Crippen LogP contribution in [0.15, 0.2) is 5.10 Å². The number of hydrazone groups is 1. The van der Waals surface area contributed by atoms with E-state index in [2.05, 4.69) is 5.10 Å². The monoisotopic (exact) mass is 191 g/mol. The maximum atomic E-state index is 9.92. The molecule has 13 heavy (non-hydrogen) atoms. The third-order valence-corrected chi connectivity index (χ3v) is 1.13. The van der Waals surface area contributed by atoms with Gasteiger partial charge in [-0.15, -0.1) is 5.59 Å². The van der Waals surface area contributed by atoms with Crippen molar-refractivity contribution in [2.75, 3.05) is 6.54 Å². The number of guanidine groups is 1. The van der Waals surface area contributed by atoms with Crippen LogP contribution in [0.3, 0.4) is 0 Å². The van der Waals surface area contributed by atoms with Gasteiger partial charge in [0.05, 0.1) is 0 Å². The number of rotatable bonds is 4. The second kappa shape index (κ2) is 5.27. The fourth-order valence-electron chi connectivity index (χ4n) is 0.688. The summed E-state index contributed by atoms with van der Waals surface area (Å²) in [4.78, 5) is 9.92. The maximum Gasteiger partial charge on any atom is 0.284 e. The van der Waals surface area contributed by atoms with Gasteiger partial charge in [-0.25, -0.2) is 15.1 Å². The quantitative estimate of drug-likeness (QED) is 0.235. The van der Waals surface area contributed by atoms with Crippen LogP contribution in [-0.2, 0) is 0 Å². The molecule has 0 aromatic heterocycles. The average molecular weight is 191 g/mol. The fraction of sp³-hybridized carbons (Fsp3) is 0.800. The van der Waals surface area contributed by atoms with Crippen LogP contribution in [0, 0.1) is 16.0 Å². The van der Waals surface area contributed by atoms with Gasteiger partial charge in [0.2, 0.25) is 0 Å². The van der Waals surface area contributed by atoms with Gasteiger partial charge in [-0.1, -0.05) is 13.8 Å². The molecule has 0 aromatic rings. The van der Waals surface area contributed by atoms with E-state index in [1.54, 1.807) is 5.59 Å². The Bertz CT molecular complexity index is 204. The molecule has 0 spiro atoms. The van der Waals surface area contributed by atoms with Crippen molar-refractivity contribution in [3.8, 4) is 0 Å². The van der Waals surface area contributed by atoms with E-state index in [1.807, 2.05) is 13.8 Å². The highest BCUT2D eigenvalue weighted by Crippen LogP contribution is 1.94. The smallest absolute Gasteiger partial charge is 0.284 e. The molecule has 4 N–H and O–H groups in total. The number of hydrazine groups is 1. The maximum absolute atomic E-state index is 9.92. The van der Waals surface area contributed by atoms with E-state index >= 15 is 0 Å². The minimum Gasteiger partial charge on any atom is -0.363 e. The molecule has 8 heteroatoms. The van der Waals surface area contributed by atoms with E-state index in [1.165, 1.54) is 0 Å². The van der Waals surface area contributed by atoms with Gasteiger partial charge in [0.15, 0.2) is 5.03 Å². The van der Waals surface area contributed by atoms with Crippen LogP contribution in [-0.4, -0.2) is 27.8 Å². The predicted molar refractivity (Wildman–Crippen MR) is 45.1 cm³/mol. The Kier molecular flexibility index (Phi) is 4.70. The summed E-state index contributed by atoms with van der Waals surface area (Å²) in [5, 5.41) is 21.3. The Morgan fingerprint density at radius 1 is 1.85 bits per heavy atom. The van der Waals surface area contributed by atoms with Gasteiger partial charge in [0, 0.05) is 6.54 Å². The first kappa shape index (κ1) is 11.6. The molecule has 0 radical (unpaired) electrons. The van der Waals surface area contributed by atoms with Gasteiger partial charge < -0.3 is 5.73 Å². The normalized spacial score (nSPS) is 11.8. The molecule has 0 bridgehead atoms. The van der Waals surface area contributed by atoms with Crippen LogP contribution < -0.4 is 11.3 Å². The van der Waals surface area contributed by atoms with Crippen molar-refractivity contribution < 1.29 is 10.2 Å². The molecule has 0 amide bonds. The Hall–Kier alpha value is -1.41. The molecular formula is C5H13N5O3. The summed E-state index contributed by atoms with van der Waals surface area (Å²) in [6.07, 6.45) is 0. The first-order chi connectivity index (χ1) is 5.97. The molecule has 0 aliphatic heterocycles. The van der Waals surface area contributed by atoms with Crippen molar-refractivity contribution in [3.05, 3.63) is 10.1 Å². The minimum absolute atomic E-state index is 0.181. The second-order valence-corrected chi connectivity index (χ2v) is 2.80. The zero-order valence-corrected chi connectivity index (χ0v) is 7.47. The van der Waals surface area contributed by atoms with E-state index in [-0.39, 0.29) is 11.9 Å². The van der Waals surface area contributed by atoms with Gasteiger partial charge in [-0.05, 0) is 5.92 Å². The average Bonchev–Trinajstić information content (AvgIpc) is 1.98. The van der Waals surface area contributed by atoms with E-state index in [0.29, 0.717) is 6.54 Å². The molecule has 0 fully saturated rings. The lowest BCUT2D eigenvalue weighted by Crippen LogP contribution is -2.47. The molecule has 8 nitrogen and oxygen atoms in total. The van der Waals surface area contributed by atoms with E-state index in [9.17, 15) is 10.1 Å². The summed E-state index contributed by atoms with van der Waals surface area (Å²) >= 11 is 0. The third kappa shape index (κ3) is 4.93. The van der Waals surface area contributed by atoms with Gasteiger partial charge >= 0.3 is 0 Å². The lowest BCUT2D eigenvalue weighted by molar-refractivity contribution is -0.486. The van der Waals surface area contributed by atoms with Crippen molar-refractivity contribution in [2.45, 2.75) is 13.8 Å². The number of nitrogens with one attached hydrogen (secondary N) is 1. The van der Waals surface area contributed by atoms with Crippen LogP contribution in [0.1, 0.15) is 13.8 Å². The number of hydrogen-bond donors (Lipinski definition) is 3. The summed E-state index contributed by atoms with van der Waals surface area (Å²) < 4.78 is 0. The van der Waals surface area contributed by atoms with Crippen LogP contribution in [0.25, 0.3) is 0 Å². The Morgan fingerprint density at radius 3 is 2.69 bits per heavy atom. The lowest BCUT2D eigenvalue weighted by Gasteiger charge is -2.20. The van der Waals surface area contributed by atoms with Crippen molar-refractivity contribution in [2.24, 2.45) is 16.8 Å². The van der Waals surface area contributed by atoms with E-state index in [4.69, 9.17) is 10.9 Å². The Morgan fingerprint density at radius 2 is 2.38 bits per heavy atom. The van der Waals surface area contributed by atoms with Gasteiger partial charge in [0.1, 0.15) is 5.10 Å². The van der Waals surface area contributed by atoms with Gasteiger partial charge in [0.25, 0.3) is 5.96 Å². The Labute approximate surface area is 75.1 Å². The topological polar surface area (TPSA) is 117 Å². The zero-order chi connectivity index (χ0) is 10.4. The summed E-state index contributed by atoms with van der Waals surface area (Å²) in [6, 6.07) is 0. The molecule has 0 saturated carbocycles. The number of hydrogen-bond acceptors (Lipinski definition) is 4. The predicted octanol–water partition coefficient (Wildman–Crippen LogP) is -0.655. The highest BCUT2D eigenvalue weighted by atomic mass is 16.7. The van der Waals surface area contributed by atoms with Gasteiger partial charge in [-0.2, -0.15) is 0 Å². The SMILES string of the molecule is CC(C)CN(NO)C(N)=N[N+](=O)[O-]. The number of nitro groups is 1. The minimum atomic E-state index is -0.931. The van der Waals surface area contributed by atoms with E-state index < -0.39 is 5.03 Å². The molecule has 0 atom stereocenters. The fourth-order valence-corrected chi connectivity index (χ4v) is 0.688. The summed E-state index contributed by atoms with van der Waals surface area (Å²) in [6.45, 7) is 4.05. The lowest BCUT2D eigenvalue weighted by atomic mass is 10.2. The molecule has 0 saturated heterocycles. The van der Waals surface area contributed by atoms with Crippen LogP contribution in [0.5, 0.6) is 0 Å². The van der Waals surface area contributed by atoms with Crippen LogP contribution in [0.2, 0.25) is 0 Å². The highest BCUT2D eigenvalue weighted by molar-refractivity contribution is 5.76. The van der Waals surface area contributed by atoms with Crippen LogP contribution in [0.4, 0.5) is 0 Å².